The Morgan fingerprint density at radius 2 is 1.93 bits per heavy atom. The van der Waals surface area contributed by atoms with E-state index in [1.165, 1.54) is 12.6 Å². The molecule has 2 aliphatic heterocycles. The number of nitrogen functional groups attached to an aromatic ring is 1. The second kappa shape index (κ2) is 8.67. The number of morpholine rings is 1. The van der Waals surface area contributed by atoms with E-state index < -0.39 is 0 Å². The van der Waals surface area contributed by atoms with E-state index in [0.717, 1.165) is 57.9 Å². The van der Waals surface area contributed by atoms with Crippen LogP contribution in [0, 0.1) is 5.92 Å². The van der Waals surface area contributed by atoms with Crippen molar-refractivity contribution in [2.45, 2.75) is 12.8 Å². The number of rotatable bonds is 4. The summed E-state index contributed by atoms with van der Waals surface area (Å²) in [5.41, 5.74) is 8.04. The summed E-state index contributed by atoms with van der Waals surface area (Å²) in [7, 11) is 0. The van der Waals surface area contributed by atoms with Crippen molar-refractivity contribution in [1.29, 1.82) is 0 Å². The molecular weight excluding hydrogens is 354 g/mol. The molecule has 2 aliphatic rings. The van der Waals surface area contributed by atoms with Gasteiger partial charge in [-0.1, -0.05) is 12.1 Å². The minimum absolute atomic E-state index is 0.108. The standard InChI is InChI=1S/C21H27N5O2/c22-20-13-23-12-19(24-20)17-3-5-18(6-4-17)21(27)26-7-1-2-16(15-26)14-25-8-10-28-11-9-25/h3-6,12-13,16H,1-2,7-11,14-15H2,(H2,22,24). The van der Waals surface area contributed by atoms with Gasteiger partial charge in [0.05, 0.1) is 31.3 Å². The van der Waals surface area contributed by atoms with Gasteiger partial charge in [0, 0.05) is 43.9 Å². The van der Waals surface area contributed by atoms with E-state index in [9.17, 15) is 4.79 Å². The van der Waals surface area contributed by atoms with Crippen molar-refractivity contribution in [1.82, 2.24) is 19.8 Å². The zero-order valence-electron chi connectivity index (χ0n) is 16.1. The highest BCUT2D eigenvalue weighted by Crippen LogP contribution is 2.22. The molecule has 1 aromatic carbocycles. The average Bonchev–Trinajstić information content (AvgIpc) is 2.74. The van der Waals surface area contributed by atoms with Crippen LogP contribution in [-0.2, 0) is 4.74 Å². The summed E-state index contributed by atoms with van der Waals surface area (Å²) >= 11 is 0. The molecule has 2 N–H and O–H groups in total. The van der Waals surface area contributed by atoms with Crippen LogP contribution in [0.5, 0.6) is 0 Å². The first-order valence-electron chi connectivity index (χ1n) is 9.96. The normalized spacial score (nSPS) is 20.9. The lowest BCUT2D eigenvalue weighted by molar-refractivity contribution is 0.0224. The van der Waals surface area contributed by atoms with Crippen LogP contribution in [0.15, 0.2) is 36.7 Å². The van der Waals surface area contributed by atoms with E-state index >= 15 is 0 Å². The summed E-state index contributed by atoms with van der Waals surface area (Å²) < 4.78 is 5.43. The molecule has 2 aromatic rings. The molecule has 148 valence electrons. The molecule has 0 radical (unpaired) electrons. The summed E-state index contributed by atoms with van der Waals surface area (Å²) in [4.78, 5) is 25.8. The van der Waals surface area contributed by atoms with Crippen LogP contribution in [-0.4, -0.2) is 71.6 Å². The molecule has 0 aliphatic carbocycles. The third kappa shape index (κ3) is 4.48. The number of nitrogens with zero attached hydrogens (tertiary/aromatic N) is 4. The molecule has 2 fully saturated rings. The molecule has 0 bridgehead atoms. The molecule has 28 heavy (non-hydrogen) atoms. The number of aromatic nitrogens is 2. The first kappa shape index (κ1) is 18.8. The molecule has 3 heterocycles. The summed E-state index contributed by atoms with van der Waals surface area (Å²) in [6, 6.07) is 7.56. The van der Waals surface area contributed by atoms with Gasteiger partial charge in [0.15, 0.2) is 0 Å². The smallest absolute Gasteiger partial charge is 0.253 e. The number of hydrogen-bond acceptors (Lipinski definition) is 6. The second-order valence-corrected chi connectivity index (χ2v) is 7.58. The maximum Gasteiger partial charge on any atom is 0.253 e. The van der Waals surface area contributed by atoms with Crippen LogP contribution < -0.4 is 5.73 Å². The number of carbonyl (C=O) groups is 1. The van der Waals surface area contributed by atoms with Crippen LogP contribution in [0.2, 0.25) is 0 Å². The molecule has 1 amide bonds. The van der Waals surface area contributed by atoms with Gasteiger partial charge in [0.1, 0.15) is 5.82 Å². The van der Waals surface area contributed by atoms with Crippen molar-refractivity contribution in [2.24, 2.45) is 5.92 Å². The first-order valence-corrected chi connectivity index (χ1v) is 9.96. The lowest BCUT2D eigenvalue weighted by Gasteiger charge is -2.36. The lowest BCUT2D eigenvalue weighted by atomic mass is 9.96. The Bertz CT molecular complexity index is 805. The third-order valence-electron chi connectivity index (χ3n) is 5.51. The fourth-order valence-corrected chi connectivity index (χ4v) is 4.03. The summed E-state index contributed by atoms with van der Waals surface area (Å²) in [5.74, 6) is 1.03. The highest BCUT2D eigenvalue weighted by Gasteiger charge is 2.26. The number of piperidine rings is 1. The van der Waals surface area contributed by atoms with E-state index in [4.69, 9.17) is 10.5 Å². The number of likely N-dealkylation sites (tertiary alicyclic amines) is 1. The SMILES string of the molecule is Nc1cncc(-c2ccc(C(=O)N3CCCC(CN4CCOCC4)C3)cc2)n1. The van der Waals surface area contributed by atoms with Gasteiger partial charge < -0.3 is 15.4 Å². The third-order valence-corrected chi connectivity index (χ3v) is 5.51. The van der Waals surface area contributed by atoms with Gasteiger partial charge in [-0.2, -0.15) is 0 Å². The van der Waals surface area contributed by atoms with Crippen LogP contribution in [0.25, 0.3) is 11.3 Å². The van der Waals surface area contributed by atoms with Crippen molar-refractivity contribution in [3.8, 4) is 11.3 Å². The Kier molecular flexibility index (Phi) is 5.83. The van der Waals surface area contributed by atoms with Gasteiger partial charge in [-0.05, 0) is 30.9 Å². The molecule has 0 spiro atoms. The van der Waals surface area contributed by atoms with Gasteiger partial charge in [-0.3, -0.25) is 14.7 Å². The van der Waals surface area contributed by atoms with Crippen molar-refractivity contribution in [3.05, 3.63) is 42.2 Å². The molecule has 0 saturated carbocycles. The predicted molar refractivity (Wildman–Crippen MR) is 108 cm³/mol. The van der Waals surface area contributed by atoms with Crippen molar-refractivity contribution in [2.75, 3.05) is 51.7 Å². The largest absolute Gasteiger partial charge is 0.382 e. The number of carbonyl (C=O) groups excluding carboxylic acids is 1. The molecule has 7 heteroatoms. The number of amides is 1. The Balaban J connectivity index is 1.39. The Morgan fingerprint density at radius 3 is 2.68 bits per heavy atom. The van der Waals surface area contributed by atoms with Crippen molar-refractivity contribution in [3.63, 3.8) is 0 Å². The molecule has 1 unspecified atom stereocenters. The molecular formula is C21H27N5O2. The number of ether oxygens (including phenoxy) is 1. The number of nitrogens with two attached hydrogens (primary N) is 1. The fourth-order valence-electron chi connectivity index (χ4n) is 4.03. The average molecular weight is 381 g/mol. The van der Waals surface area contributed by atoms with E-state index in [0.29, 0.717) is 23.0 Å². The second-order valence-electron chi connectivity index (χ2n) is 7.58. The minimum Gasteiger partial charge on any atom is -0.382 e. The highest BCUT2D eigenvalue weighted by atomic mass is 16.5. The monoisotopic (exact) mass is 381 g/mol. The van der Waals surface area contributed by atoms with Crippen LogP contribution in [0.1, 0.15) is 23.2 Å². The Labute approximate surface area is 165 Å². The predicted octanol–water partition coefficient (Wildman–Crippen LogP) is 1.91. The van der Waals surface area contributed by atoms with E-state index in [1.54, 1.807) is 6.20 Å². The summed E-state index contributed by atoms with van der Waals surface area (Å²) in [6.45, 7) is 6.36. The van der Waals surface area contributed by atoms with E-state index in [2.05, 4.69) is 14.9 Å². The van der Waals surface area contributed by atoms with Crippen LogP contribution >= 0.6 is 0 Å². The van der Waals surface area contributed by atoms with Gasteiger partial charge >= 0.3 is 0 Å². The quantitative estimate of drug-likeness (QED) is 0.871. The molecule has 4 rings (SSSR count). The summed E-state index contributed by atoms with van der Waals surface area (Å²) in [5, 5.41) is 0. The Hall–Kier alpha value is -2.51. The lowest BCUT2D eigenvalue weighted by Crippen LogP contribution is -2.46. The van der Waals surface area contributed by atoms with Crippen LogP contribution in [0.3, 0.4) is 0 Å². The summed E-state index contributed by atoms with van der Waals surface area (Å²) in [6.07, 6.45) is 5.45. The minimum atomic E-state index is 0.108. The molecule has 7 nitrogen and oxygen atoms in total. The maximum absolute atomic E-state index is 13.0. The van der Waals surface area contributed by atoms with Gasteiger partial charge in [0.25, 0.3) is 5.91 Å². The fraction of sp³-hybridized carbons (Fsp3) is 0.476. The van der Waals surface area contributed by atoms with E-state index in [1.807, 2.05) is 29.2 Å². The van der Waals surface area contributed by atoms with Gasteiger partial charge in [-0.15, -0.1) is 0 Å². The van der Waals surface area contributed by atoms with Gasteiger partial charge in [0.2, 0.25) is 0 Å². The van der Waals surface area contributed by atoms with E-state index in [-0.39, 0.29) is 5.91 Å². The number of anilines is 1. The maximum atomic E-state index is 13.0. The van der Waals surface area contributed by atoms with Crippen molar-refractivity contribution >= 4 is 11.7 Å². The molecule has 2 saturated heterocycles. The van der Waals surface area contributed by atoms with Crippen molar-refractivity contribution < 1.29 is 9.53 Å². The Morgan fingerprint density at radius 1 is 1.14 bits per heavy atom. The molecule has 1 aromatic heterocycles. The molecule has 1 atom stereocenters. The highest BCUT2D eigenvalue weighted by molar-refractivity contribution is 5.94. The zero-order chi connectivity index (χ0) is 19.3. The topological polar surface area (TPSA) is 84.6 Å². The zero-order valence-corrected chi connectivity index (χ0v) is 16.1. The first-order chi connectivity index (χ1) is 13.7. The number of benzene rings is 1. The van der Waals surface area contributed by atoms with Gasteiger partial charge in [-0.25, -0.2) is 4.98 Å². The van der Waals surface area contributed by atoms with Crippen LogP contribution in [0.4, 0.5) is 5.82 Å². The number of hydrogen-bond donors (Lipinski definition) is 1.